The van der Waals surface area contributed by atoms with E-state index in [0.717, 1.165) is 67.2 Å². The molecule has 72 heavy (non-hydrogen) atoms. The summed E-state index contributed by atoms with van der Waals surface area (Å²) >= 11 is 0. The van der Waals surface area contributed by atoms with Crippen molar-refractivity contribution in [1.82, 2.24) is 5.32 Å². The van der Waals surface area contributed by atoms with E-state index in [2.05, 4.69) is 173 Å². The van der Waals surface area contributed by atoms with Gasteiger partial charge in [-0.2, -0.15) is 0 Å². The van der Waals surface area contributed by atoms with Gasteiger partial charge in [0, 0.05) is 47.3 Å². The number of aliphatic hydroxyl groups is 1. The minimum Gasteiger partial charge on any atom is -0.449 e. The summed E-state index contributed by atoms with van der Waals surface area (Å²) in [4.78, 5) is 23.9. The zero-order valence-corrected chi connectivity index (χ0v) is 48.9. The zero-order valence-electron chi connectivity index (χ0n) is 44.9. The van der Waals surface area contributed by atoms with Gasteiger partial charge in [0.15, 0.2) is 0 Å². The molecule has 0 aromatic heterocycles. The minimum atomic E-state index is -0.245. The Morgan fingerprint density at radius 1 is 0.583 bits per heavy atom. The molecule has 6 nitrogen and oxygen atoms in total. The second-order valence-electron chi connectivity index (χ2n) is 20.6. The van der Waals surface area contributed by atoms with Gasteiger partial charge < -0.3 is 15.2 Å². The Morgan fingerprint density at radius 2 is 0.958 bits per heavy atom. The number of aliphatic hydroxyl groups excluding tert-OH is 1. The molecule has 4 aromatic carbocycles. The first kappa shape index (κ1) is 65.5. The van der Waals surface area contributed by atoms with Crippen LogP contribution < -0.4 is 26.5 Å². The molecule has 4 atom stereocenters. The smallest absolute Gasteiger partial charge is 0.407 e. The number of carbonyl (C=O) groups is 1. The van der Waals surface area contributed by atoms with E-state index in [0.29, 0.717) is 31.6 Å². The Labute approximate surface area is 461 Å². The molecule has 10 heteroatoms. The van der Waals surface area contributed by atoms with Crippen LogP contribution in [0.5, 0.6) is 0 Å². The fraction of sp³-hybridized carbons (Fsp3) is 0.581. The minimum absolute atomic E-state index is 0. The summed E-state index contributed by atoms with van der Waals surface area (Å²) < 4.78 is 5.12. The topological polar surface area (TPSA) is 88.0 Å². The van der Waals surface area contributed by atoms with Gasteiger partial charge >= 0.3 is 6.09 Å². The third-order valence-corrected chi connectivity index (χ3v) is 20.7. The van der Waals surface area contributed by atoms with Crippen molar-refractivity contribution in [2.45, 2.75) is 168 Å². The van der Waals surface area contributed by atoms with Crippen molar-refractivity contribution in [2.24, 2.45) is 40.5 Å². The summed E-state index contributed by atoms with van der Waals surface area (Å²) in [5.41, 5.74) is 1.70. The van der Waals surface area contributed by atoms with Crippen LogP contribution in [0, 0.1) is 35.5 Å². The number of nitrogens with one attached hydrogen (secondary N) is 1. The molecule has 0 heterocycles. The molecule has 0 aliphatic heterocycles. The Bertz CT molecular complexity index is 1780. The maximum absolute atomic E-state index is 11.1. The van der Waals surface area contributed by atoms with Crippen molar-refractivity contribution in [3.05, 3.63) is 121 Å². The summed E-state index contributed by atoms with van der Waals surface area (Å²) in [5.74, 6) is 4.64. The summed E-state index contributed by atoms with van der Waals surface area (Å²) in [6.07, 6.45) is 24.1. The number of unbranched alkanes of at least 4 members (excludes halogenated alkanes) is 2. The zero-order chi connectivity index (χ0) is 50.2. The van der Waals surface area contributed by atoms with Gasteiger partial charge in [0.25, 0.3) is 0 Å². The van der Waals surface area contributed by atoms with E-state index in [1.54, 1.807) is 21.2 Å². The largest absolute Gasteiger partial charge is 0.449 e. The summed E-state index contributed by atoms with van der Waals surface area (Å²) in [5, 5.41) is 17.5. The summed E-state index contributed by atoms with van der Waals surface area (Å²) in [6, 6.07) is 44.9. The van der Waals surface area contributed by atoms with E-state index < -0.39 is 0 Å². The van der Waals surface area contributed by atoms with E-state index in [1.807, 2.05) is 0 Å². The fourth-order valence-corrected chi connectivity index (χ4v) is 17.6. The maximum atomic E-state index is 11.1. The van der Waals surface area contributed by atoms with Crippen molar-refractivity contribution in [3.8, 4) is 0 Å². The number of hydrogen-bond donors (Lipinski definition) is 2. The number of isocyanates is 1. The van der Waals surface area contributed by atoms with Crippen LogP contribution in [0.3, 0.4) is 0 Å². The number of benzene rings is 4. The number of ether oxygens (including phenoxy) is 1. The fourth-order valence-electron chi connectivity index (χ4n) is 10.8. The van der Waals surface area contributed by atoms with Gasteiger partial charge in [-0.15, -0.1) is 0 Å². The summed E-state index contributed by atoms with van der Waals surface area (Å²) in [7, 11) is -0.448. The van der Waals surface area contributed by atoms with Gasteiger partial charge in [-0.05, 0) is 148 Å². The predicted octanol–water partition coefficient (Wildman–Crippen LogP) is 14.9. The van der Waals surface area contributed by atoms with Crippen molar-refractivity contribution >= 4 is 49.2 Å². The molecule has 4 unspecified atom stereocenters. The van der Waals surface area contributed by atoms with Crippen molar-refractivity contribution in [1.29, 1.82) is 0 Å². The van der Waals surface area contributed by atoms with E-state index in [9.17, 15) is 9.59 Å². The van der Waals surface area contributed by atoms with Gasteiger partial charge in [0.05, 0.1) is 13.2 Å². The molecular weight excluding hydrogens is 1010 g/mol. The molecule has 4 aliphatic rings. The van der Waals surface area contributed by atoms with Crippen molar-refractivity contribution in [3.63, 3.8) is 0 Å². The number of aliphatic imine (C=N–C) groups is 1. The molecule has 4 aliphatic carbocycles. The second kappa shape index (κ2) is 39.8. The van der Waals surface area contributed by atoms with Gasteiger partial charge in [-0.1, -0.05) is 214 Å². The Morgan fingerprint density at radius 3 is 1.28 bits per heavy atom. The van der Waals surface area contributed by atoms with Crippen LogP contribution in [0.15, 0.2) is 126 Å². The van der Waals surface area contributed by atoms with Crippen LogP contribution in [-0.4, -0.2) is 54.9 Å². The first-order valence-corrected chi connectivity index (χ1v) is 30.4. The van der Waals surface area contributed by atoms with E-state index in [4.69, 9.17) is 9.84 Å². The van der Waals surface area contributed by atoms with E-state index in [-0.39, 0.29) is 56.1 Å². The van der Waals surface area contributed by atoms with Gasteiger partial charge in [0.2, 0.25) is 6.08 Å². The average molecular weight is 1100 g/mol. The van der Waals surface area contributed by atoms with E-state index >= 15 is 0 Å². The van der Waals surface area contributed by atoms with Crippen LogP contribution in [0.25, 0.3) is 0 Å². The standard InChI is InChI=1S/2C20H25P.C11H21NO2.C6H12O.C5H9NO.2Fe/c2*1-16(2)19-14-9-15-20(19)21(17-10-5-3-6-11-17)18-12-7-4-8-13-18;1-2-3-8-12-11(13)14-9-10-6-4-5-7-10;7-5-6-3-1-2-4-6;1-2-3-4-6-5-7;;/h2*3-8,10-13,16,19-20H,9,14-15H2,1-2H3;10H,2-9H2,1H3,(H,12,13);6-7H,1-5H2;2-4H2,1H3;;. The van der Waals surface area contributed by atoms with Crippen molar-refractivity contribution in [2.75, 3.05) is 26.3 Å². The number of rotatable bonds is 17. The van der Waals surface area contributed by atoms with Crippen LogP contribution >= 0.6 is 15.8 Å². The van der Waals surface area contributed by atoms with Crippen molar-refractivity contribution < 1.29 is 53.6 Å². The molecule has 4 fully saturated rings. The maximum Gasteiger partial charge on any atom is 0.407 e. The van der Waals surface area contributed by atoms with Gasteiger partial charge in [-0.25, -0.2) is 14.6 Å². The number of carbonyl (C=O) groups excluding carboxylic acids is 2. The van der Waals surface area contributed by atoms with Crippen LogP contribution in [-0.2, 0) is 43.7 Å². The van der Waals surface area contributed by atoms with Crippen LogP contribution in [0.1, 0.15) is 157 Å². The molecule has 0 saturated heterocycles. The monoisotopic (exact) mass is 1100 g/mol. The van der Waals surface area contributed by atoms with E-state index in [1.165, 1.54) is 96.0 Å². The van der Waals surface area contributed by atoms with Gasteiger partial charge in [-0.3, -0.25) is 0 Å². The molecule has 0 spiro atoms. The SMILES string of the molecule is CC(C)C1CCCC1P(c1ccccc1)c1ccccc1.CC(C)C1CCCC1P(c1ccccc1)c1ccccc1.CCCCN=C=O.CCCCNC(=O)OCC1CCCC1.OCC1CCCC1.[Fe].[Fe]. The Kier molecular flexibility index (Phi) is 36.2. The Balaban J connectivity index is 0.000000327. The number of nitrogens with zero attached hydrogens (tertiary/aromatic N) is 1. The molecule has 0 bridgehead atoms. The quantitative estimate of drug-likeness (QED) is 0.0363. The molecule has 2 N–H and O–H groups in total. The normalized spacial score (nSPS) is 19.2. The third-order valence-electron chi connectivity index (χ3n) is 14.7. The number of hydrogen-bond acceptors (Lipinski definition) is 5. The molecule has 4 aromatic rings. The molecule has 400 valence electrons. The van der Waals surface area contributed by atoms with Gasteiger partial charge in [0.1, 0.15) is 0 Å². The molecule has 4 saturated carbocycles. The predicted molar refractivity (Wildman–Crippen MR) is 303 cm³/mol. The molecular formula is C62H92Fe2N2O4P2. The molecule has 1 amide bonds. The third kappa shape index (κ3) is 23.9. The number of amides is 1. The first-order chi connectivity index (χ1) is 34.2. The number of alkyl carbamates (subject to hydrolysis) is 1. The summed E-state index contributed by atoms with van der Waals surface area (Å²) in [6.45, 7) is 16.2. The van der Waals surface area contributed by atoms with Crippen LogP contribution in [0.4, 0.5) is 4.79 Å². The Hall–Kier alpha value is -2.61. The second-order valence-corrected chi connectivity index (χ2v) is 25.5. The average Bonchev–Trinajstić information content (AvgIpc) is 4.26. The van der Waals surface area contributed by atoms with Crippen LogP contribution in [0.2, 0.25) is 0 Å². The molecule has 0 radical (unpaired) electrons. The first-order valence-electron chi connectivity index (χ1n) is 27.6. The molecule has 8 rings (SSSR count).